The number of hydrogen-bond acceptors (Lipinski definition) is 4. The van der Waals surface area contributed by atoms with E-state index in [0.29, 0.717) is 11.3 Å². The number of ether oxygens (including phenoxy) is 1. The first-order valence-electron chi connectivity index (χ1n) is 11.0. The zero-order chi connectivity index (χ0) is 20.3. The van der Waals surface area contributed by atoms with Crippen LogP contribution in [0.15, 0.2) is 24.3 Å². The van der Waals surface area contributed by atoms with Gasteiger partial charge in [0.2, 0.25) is 5.91 Å². The van der Waals surface area contributed by atoms with Gasteiger partial charge in [-0.3, -0.25) is 14.4 Å². The third-order valence-electron chi connectivity index (χ3n) is 6.63. The Morgan fingerprint density at radius 1 is 0.931 bits per heavy atom. The fourth-order valence-electron chi connectivity index (χ4n) is 5.01. The van der Waals surface area contributed by atoms with E-state index in [1.54, 1.807) is 24.3 Å². The number of anilines is 1. The van der Waals surface area contributed by atoms with E-state index in [0.717, 1.165) is 58.0 Å². The Balaban J connectivity index is 1.41. The Kier molecular flexibility index (Phi) is 5.88. The lowest BCUT2D eigenvalue weighted by Crippen LogP contribution is -2.43. The van der Waals surface area contributed by atoms with Crippen molar-refractivity contribution in [3.63, 3.8) is 0 Å². The van der Waals surface area contributed by atoms with Gasteiger partial charge in [-0.2, -0.15) is 0 Å². The highest BCUT2D eigenvalue weighted by atomic mass is 16.6. The fourth-order valence-corrected chi connectivity index (χ4v) is 5.01. The van der Waals surface area contributed by atoms with Crippen LogP contribution in [0.5, 0.6) is 0 Å². The molecule has 1 saturated carbocycles. The van der Waals surface area contributed by atoms with Crippen LogP contribution < -0.4 is 5.32 Å². The highest BCUT2D eigenvalue weighted by Crippen LogP contribution is 2.44. The van der Waals surface area contributed by atoms with E-state index >= 15 is 0 Å². The van der Waals surface area contributed by atoms with Gasteiger partial charge in [-0.1, -0.05) is 19.3 Å². The number of nitrogens with one attached hydrogen (secondary N) is 1. The van der Waals surface area contributed by atoms with Gasteiger partial charge in [0.25, 0.3) is 5.91 Å². The largest absolute Gasteiger partial charge is 0.458 e. The van der Waals surface area contributed by atoms with Crippen molar-refractivity contribution in [2.45, 2.75) is 69.8 Å². The van der Waals surface area contributed by atoms with Gasteiger partial charge in [0.05, 0.1) is 12.3 Å². The number of likely N-dealkylation sites (tertiary alicyclic amines) is 1. The quantitative estimate of drug-likeness (QED) is 0.784. The first-order chi connectivity index (χ1) is 14.1. The van der Waals surface area contributed by atoms with Gasteiger partial charge >= 0.3 is 5.97 Å². The molecule has 29 heavy (non-hydrogen) atoms. The Labute approximate surface area is 172 Å². The van der Waals surface area contributed by atoms with Gasteiger partial charge in [-0.25, -0.2) is 0 Å². The lowest BCUT2D eigenvalue weighted by molar-refractivity contribution is -0.153. The Morgan fingerprint density at radius 2 is 1.55 bits per heavy atom. The second-order valence-corrected chi connectivity index (χ2v) is 8.63. The lowest BCUT2D eigenvalue weighted by atomic mass is 9.75. The van der Waals surface area contributed by atoms with Crippen LogP contribution in [0.4, 0.5) is 5.69 Å². The van der Waals surface area contributed by atoms with Gasteiger partial charge in [0.1, 0.15) is 5.60 Å². The average Bonchev–Trinajstić information content (AvgIpc) is 2.90. The van der Waals surface area contributed by atoms with Gasteiger partial charge in [0.15, 0.2) is 0 Å². The van der Waals surface area contributed by atoms with Crippen molar-refractivity contribution >= 4 is 23.5 Å². The van der Waals surface area contributed by atoms with Crippen molar-refractivity contribution in [2.75, 3.05) is 18.4 Å². The zero-order valence-electron chi connectivity index (χ0n) is 17.0. The summed E-state index contributed by atoms with van der Waals surface area (Å²) < 4.78 is 5.64. The van der Waals surface area contributed by atoms with Crippen LogP contribution in [0.2, 0.25) is 0 Å². The summed E-state index contributed by atoms with van der Waals surface area (Å²) in [6.45, 7) is 1.63. The van der Waals surface area contributed by atoms with Gasteiger partial charge in [-0.05, 0) is 62.8 Å². The Hall–Kier alpha value is -2.37. The molecule has 3 fully saturated rings. The molecular weight excluding hydrogens is 368 g/mol. The van der Waals surface area contributed by atoms with E-state index in [9.17, 15) is 14.4 Å². The zero-order valence-corrected chi connectivity index (χ0v) is 17.0. The summed E-state index contributed by atoms with van der Waals surface area (Å²) >= 11 is 0. The smallest absolute Gasteiger partial charge is 0.307 e. The molecule has 2 heterocycles. The highest BCUT2D eigenvalue weighted by molar-refractivity contribution is 5.98. The minimum Gasteiger partial charge on any atom is -0.458 e. The summed E-state index contributed by atoms with van der Waals surface area (Å²) in [6, 6.07) is 7.09. The molecule has 1 atom stereocenters. The minimum absolute atomic E-state index is 0.0562. The third-order valence-corrected chi connectivity index (χ3v) is 6.63. The van der Waals surface area contributed by atoms with Crippen molar-refractivity contribution in [3.8, 4) is 0 Å². The topological polar surface area (TPSA) is 75.7 Å². The van der Waals surface area contributed by atoms with Crippen LogP contribution in [-0.4, -0.2) is 41.4 Å². The second-order valence-electron chi connectivity index (χ2n) is 8.63. The van der Waals surface area contributed by atoms with Crippen LogP contribution >= 0.6 is 0 Å². The highest BCUT2D eigenvalue weighted by Gasteiger charge is 2.52. The maximum absolute atomic E-state index is 12.9. The van der Waals surface area contributed by atoms with Gasteiger partial charge < -0.3 is 15.0 Å². The number of carbonyl (C=O) groups excluding carboxylic acids is 3. The van der Waals surface area contributed by atoms with Crippen LogP contribution in [0, 0.1) is 5.92 Å². The summed E-state index contributed by atoms with van der Waals surface area (Å²) in [6.07, 6.45) is 9.27. The van der Waals surface area contributed by atoms with E-state index in [1.165, 1.54) is 12.8 Å². The van der Waals surface area contributed by atoms with Crippen molar-refractivity contribution in [2.24, 2.45) is 5.92 Å². The third kappa shape index (κ3) is 4.31. The molecule has 6 nitrogen and oxygen atoms in total. The number of esters is 1. The maximum Gasteiger partial charge on any atom is 0.307 e. The average molecular weight is 399 g/mol. The molecule has 1 aliphatic carbocycles. The first-order valence-corrected chi connectivity index (χ1v) is 11.0. The molecule has 1 spiro atoms. The van der Waals surface area contributed by atoms with Gasteiger partial charge in [0, 0.05) is 24.3 Å². The standard InChI is InChI=1S/C23H30N2O4/c26-20-16-19(23(29-20)12-4-3-5-13-23)21(27)24-18-10-8-17(9-11-18)22(28)25-14-6-1-2-7-15-25/h8-11,19H,1-7,12-16H2,(H,24,27). The molecule has 2 amide bonds. The van der Waals surface area contributed by atoms with Crippen molar-refractivity contribution in [1.29, 1.82) is 0 Å². The molecule has 3 aliphatic rings. The second kappa shape index (κ2) is 8.56. The monoisotopic (exact) mass is 398 g/mol. The molecule has 1 aromatic carbocycles. The van der Waals surface area contributed by atoms with Crippen LogP contribution in [0.1, 0.15) is 74.6 Å². The van der Waals surface area contributed by atoms with Crippen molar-refractivity contribution < 1.29 is 19.1 Å². The predicted molar refractivity (Wildman–Crippen MR) is 109 cm³/mol. The summed E-state index contributed by atoms with van der Waals surface area (Å²) in [4.78, 5) is 39.5. The van der Waals surface area contributed by atoms with E-state index in [1.807, 2.05) is 4.90 Å². The molecule has 4 rings (SSSR count). The van der Waals surface area contributed by atoms with E-state index in [4.69, 9.17) is 4.74 Å². The van der Waals surface area contributed by atoms with Crippen molar-refractivity contribution in [3.05, 3.63) is 29.8 Å². The molecule has 0 radical (unpaired) electrons. The fraction of sp³-hybridized carbons (Fsp3) is 0.609. The summed E-state index contributed by atoms with van der Waals surface area (Å²) in [5.41, 5.74) is 0.669. The Bertz CT molecular complexity index is 760. The molecule has 1 aromatic rings. The van der Waals surface area contributed by atoms with Crippen LogP contribution in [0.25, 0.3) is 0 Å². The van der Waals surface area contributed by atoms with Crippen molar-refractivity contribution in [1.82, 2.24) is 4.90 Å². The summed E-state index contributed by atoms with van der Waals surface area (Å²) in [5.74, 6) is -0.816. The predicted octanol–water partition coefficient (Wildman–Crippen LogP) is 3.91. The van der Waals surface area contributed by atoms with E-state index < -0.39 is 11.5 Å². The normalized spacial score (nSPS) is 24.1. The minimum atomic E-state index is -0.623. The molecule has 1 N–H and O–H groups in total. The number of benzene rings is 1. The van der Waals surface area contributed by atoms with Crippen LogP contribution in [-0.2, 0) is 14.3 Å². The first kappa shape index (κ1) is 19.9. The number of amides is 2. The van der Waals surface area contributed by atoms with E-state index in [-0.39, 0.29) is 24.2 Å². The Morgan fingerprint density at radius 3 is 2.21 bits per heavy atom. The summed E-state index contributed by atoms with van der Waals surface area (Å²) in [5, 5.41) is 2.94. The molecule has 6 heteroatoms. The SMILES string of the molecule is O=C1CC(C(=O)Nc2ccc(C(=O)N3CCCCCC3)cc2)C2(CCCCC2)O1. The lowest BCUT2D eigenvalue weighted by Gasteiger charge is -2.36. The molecule has 0 bridgehead atoms. The maximum atomic E-state index is 12.9. The summed E-state index contributed by atoms with van der Waals surface area (Å²) in [7, 11) is 0. The molecule has 2 saturated heterocycles. The number of carbonyl (C=O) groups is 3. The number of rotatable bonds is 3. The molecule has 0 aromatic heterocycles. The van der Waals surface area contributed by atoms with Crippen LogP contribution in [0.3, 0.4) is 0 Å². The number of nitrogens with zero attached hydrogens (tertiary/aromatic N) is 1. The molecular formula is C23H30N2O4. The molecule has 1 unspecified atom stereocenters. The van der Waals surface area contributed by atoms with Gasteiger partial charge in [-0.15, -0.1) is 0 Å². The van der Waals surface area contributed by atoms with E-state index in [2.05, 4.69) is 5.32 Å². The molecule has 156 valence electrons. The molecule has 2 aliphatic heterocycles. The number of hydrogen-bond donors (Lipinski definition) is 1.